The van der Waals surface area contributed by atoms with Crippen LogP contribution in [0.15, 0.2) is 24.4 Å². The van der Waals surface area contributed by atoms with Gasteiger partial charge < -0.3 is 0 Å². The average Bonchev–Trinajstić information content (AvgIpc) is 2.58. The Morgan fingerprint density at radius 1 is 1.47 bits per heavy atom. The topological polar surface area (TPSA) is 76.4 Å². The highest BCUT2D eigenvalue weighted by molar-refractivity contribution is 7.92. The number of pyridine rings is 1. The fourth-order valence-electron chi connectivity index (χ4n) is 1.09. The van der Waals surface area contributed by atoms with Crippen molar-refractivity contribution in [3.05, 3.63) is 24.4 Å². The smallest absolute Gasteiger partial charge is 0.250 e. The lowest BCUT2D eigenvalue weighted by atomic mass is 10.5. The number of aromatic nitrogens is 3. The van der Waals surface area contributed by atoms with Gasteiger partial charge in [0.25, 0.3) is 5.95 Å². The van der Waals surface area contributed by atoms with Crippen molar-refractivity contribution in [3.63, 3.8) is 0 Å². The van der Waals surface area contributed by atoms with Crippen LogP contribution in [0.2, 0.25) is 0 Å². The zero-order valence-corrected chi connectivity index (χ0v) is 8.90. The number of hydrogen-bond acceptors (Lipinski definition) is 4. The van der Waals surface area contributed by atoms with E-state index in [1.807, 2.05) is 6.07 Å². The molecule has 0 amide bonds. The van der Waals surface area contributed by atoms with Gasteiger partial charge >= 0.3 is 0 Å². The van der Waals surface area contributed by atoms with Crippen LogP contribution >= 0.6 is 0 Å². The number of sulfonamides is 1. The van der Waals surface area contributed by atoms with Gasteiger partial charge in [-0.1, -0.05) is 6.07 Å². The lowest BCUT2D eigenvalue weighted by Gasteiger charge is -1.98. The molecule has 0 aliphatic heterocycles. The Bertz CT molecular complexity index is 542. The molecule has 0 unspecified atom stereocenters. The van der Waals surface area contributed by atoms with Crippen molar-refractivity contribution < 1.29 is 8.42 Å². The first-order chi connectivity index (χ1) is 7.11. The SMILES string of the molecule is CCS(=O)(=O)Nc1nc2ccccn2n1. The van der Waals surface area contributed by atoms with Crippen molar-refractivity contribution in [2.45, 2.75) is 6.92 Å². The van der Waals surface area contributed by atoms with Gasteiger partial charge in [0.15, 0.2) is 5.65 Å². The molecule has 2 aromatic heterocycles. The Morgan fingerprint density at radius 3 is 2.93 bits per heavy atom. The molecule has 1 N–H and O–H groups in total. The minimum absolute atomic E-state index is 0.00253. The minimum atomic E-state index is -3.31. The lowest BCUT2D eigenvalue weighted by Crippen LogP contribution is -2.15. The third-order valence-electron chi connectivity index (χ3n) is 1.87. The molecule has 0 fully saturated rings. The molecule has 0 aliphatic carbocycles. The van der Waals surface area contributed by atoms with E-state index in [9.17, 15) is 8.42 Å². The summed E-state index contributed by atoms with van der Waals surface area (Å²) in [5.41, 5.74) is 0.603. The molecule has 0 atom stereocenters. The van der Waals surface area contributed by atoms with E-state index in [4.69, 9.17) is 0 Å². The minimum Gasteiger partial charge on any atom is -0.250 e. The zero-order valence-electron chi connectivity index (χ0n) is 8.08. The van der Waals surface area contributed by atoms with E-state index < -0.39 is 10.0 Å². The van der Waals surface area contributed by atoms with Gasteiger partial charge in [0, 0.05) is 6.20 Å². The summed E-state index contributed by atoms with van der Waals surface area (Å²) in [4.78, 5) is 4.01. The van der Waals surface area contributed by atoms with E-state index in [2.05, 4.69) is 14.8 Å². The molecule has 15 heavy (non-hydrogen) atoms. The van der Waals surface area contributed by atoms with Gasteiger partial charge in [0.1, 0.15) is 0 Å². The van der Waals surface area contributed by atoms with Crippen LogP contribution in [-0.2, 0) is 10.0 Å². The first kappa shape index (κ1) is 9.91. The van der Waals surface area contributed by atoms with E-state index >= 15 is 0 Å². The fraction of sp³-hybridized carbons (Fsp3) is 0.250. The molecule has 6 nitrogen and oxygen atoms in total. The predicted octanol–water partition coefficient (Wildman–Crippen LogP) is 0.491. The molecule has 7 heteroatoms. The maximum atomic E-state index is 11.2. The molecule has 0 aliphatic rings. The third kappa shape index (κ3) is 2.07. The lowest BCUT2D eigenvalue weighted by molar-refractivity contribution is 0.602. The Hall–Kier alpha value is -1.63. The summed E-state index contributed by atoms with van der Waals surface area (Å²) in [6.45, 7) is 1.55. The molecular weight excluding hydrogens is 216 g/mol. The summed E-state index contributed by atoms with van der Waals surface area (Å²) < 4.78 is 26.3. The predicted molar refractivity (Wildman–Crippen MR) is 56.1 cm³/mol. The Balaban J connectivity index is 2.38. The van der Waals surface area contributed by atoms with Crippen LogP contribution in [0.1, 0.15) is 6.92 Å². The molecule has 0 bridgehead atoms. The van der Waals surface area contributed by atoms with E-state index in [1.165, 1.54) is 4.52 Å². The van der Waals surface area contributed by atoms with Crippen LogP contribution in [0, 0.1) is 0 Å². The van der Waals surface area contributed by atoms with Crippen LogP contribution in [0.5, 0.6) is 0 Å². The van der Waals surface area contributed by atoms with Gasteiger partial charge in [0.2, 0.25) is 10.0 Å². The normalized spacial score (nSPS) is 11.8. The van der Waals surface area contributed by atoms with Crippen molar-refractivity contribution in [1.29, 1.82) is 0 Å². The van der Waals surface area contributed by atoms with Crippen LogP contribution in [0.25, 0.3) is 5.65 Å². The summed E-state index contributed by atoms with van der Waals surface area (Å²) in [5, 5.41) is 3.96. The van der Waals surface area contributed by atoms with Gasteiger partial charge in [-0.05, 0) is 19.1 Å². The van der Waals surface area contributed by atoms with E-state index in [1.54, 1.807) is 25.3 Å². The van der Waals surface area contributed by atoms with E-state index in [0.717, 1.165) is 0 Å². The zero-order chi connectivity index (χ0) is 10.9. The van der Waals surface area contributed by atoms with Gasteiger partial charge in [-0.2, -0.15) is 4.98 Å². The van der Waals surface area contributed by atoms with Crippen molar-refractivity contribution >= 4 is 21.6 Å². The molecule has 2 aromatic rings. The van der Waals surface area contributed by atoms with Gasteiger partial charge in [-0.25, -0.2) is 17.7 Å². The number of fused-ring (bicyclic) bond motifs is 1. The van der Waals surface area contributed by atoms with Crippen LogP contribution in [0.4, 0.5) is 5.95 Å². The maximum Gasteiger partial charge on any atom is 0.256 e. The fourth-order valence-corrected chi connectivity index (χ4v) is 1.60. The van der Waals surface area contributed by atoms with Crippen molar-refractivity contribution in [1.82, 2.24) is 14.6 Å². The van der Waals surface area contributed by atoms with Crippen molar-refractivity contribution in [2.24, 2.45) is 0 Å². The molecule has 2 rings (SSSR count). The Labute approximate surface area is 87.0 Å². The number of hydrogen-bond donors (Lipinski definition) is 1. The molecule has 0 radical (unpaired) electrons. The molecule has 0 aromatic carbocycles. The molecule has 0 saturated carbocycles. The molecule has 0 spiro atoms. The summed E-state index contributed by atoms with van der Waals surface area (Å²) in [5.74, 6) is 0.103. The summed E-state index contributed by atoms with van der Waals surface area (Å²) in [6.07, 6.45) is 1.70. The summed E-state index contributed by atoms with van der Waals surface area (Å²) >= 11 is 0. The average molecular weight is 226 g/mol. The van der Waals surface area contributed by atoms with E-state index in [-0.39, 0.29) is 11.7 Å². The molecule has 2 heterocycles. The second-order valence-electron chi connectivity index (χ2n) is 2.94. The highest BCUT2D eigenvalue weighted by atomic mass is 32.2. The molecule has 80 valence electrons. The first-order valence-corrected chi connectivity index (χ1v) is 6.08. The number of anilines is 1. The number of nitrogens with one attached hydrogen (secondary N) is 1. The number of nitrogens with zero attached hydrogens (tertiary/aromatic N) is 3. The van der Waals surface area contributed by atoms with E-state index in [0.29, 0.717) is 5.65 Å². The van der Waals surface area contributed by atoms with Gasteiger partial charge in [0.05, 0.1) is 5.75 Å². The first-order valence-electron chi connectivity index (χ1n) is 4.42. The quantitative estimate of drug-likeness (QED) is 0.826. The highest BCUT2D eigenvalue weighted by Crippen LogP contribution is 2.06. The standard InChI is InChI=1S/C8H10N4O2S/c1-2-15(13,14)11-8-9-7-5-3-4-6-12(7)10-8/h3-6H,2H2,1H3,(H,10,11). The Kier molecular flexibility index (Phi) is 2.31. The largest absolute Gasteiger partial charge is 0.256 e. The monoisotopic (exact) mass is 226 g/mol. The third-order valence-corrected chi connectivity index (χ3v) is 3.12. The maximum absolute atomic E-state index is 11.2. The van der Waals surface area contributed by atoms with Crippen LogP contribution < -0.4 is 4.72 Å². The van der Waals surface area contributed by atoms with Gasteiger partial charge in [-0.15, -0.1) is 5.10 Å². The van der Waals surface area contributed by atoms with Crippen LogP contribution in [-0.4, -0.2) is 28.8 Å². The second kappa shape index (κ2) is 3.50. The van der Waals surface area contributed by atoms with Crippen LogP contribution in [0.3, 0.4) is 0 Å². The van der Waals surface area contributed by atoms with Gasteiger partial charge in [-0.3, -0.25) is 0 Å². The van der Waals surface area contributed by atoms with Crippen molar-refractivity contribution in [2.75, 3.05) is 10.5 Å². The second-order valence-corrected chi connectivity index (χ2v) is 4.96. The highest BCUT2D eigenvalue weighted by Gasteiger charge is 2.10. The molecular formula is C8H10N4O2S. The number of rotatable bonds is 3. The van der Waals surface area contributed by atoms with Crippen molar-refractivity contribution in [3.8, 4) is 0 Å². The Morgan fingerprint density at radius 2 is 2.27 bits per heavy atom. The summed E-state index contributed by atoms with van der Waals surface area (Å²) in [7, 11) is -3.31. The summed E-state index contributed by atoms with van der Waals surface area (Å²) in [6, 6.07) is 5.35. The molecule has 0 saturated heterocycles.